The van der Waals surface area contributed by atoms with Crippen LogP contribution in [0.5, 0.6) is 0 Å². The lowest BCUT2D eigenvalue weighted by Crippen LogP contribution is -2.14. The van der Waals surface area contributed by atoms with Crippen molar-refractivity contribution in [2.45, 2.75) is 4.90 Å². The van der Waals surface area contributed by atoms with Crippen molar-refractivity contribution in [3.63, 3.8) is 0 Å². The molecule has 0 saturated heterocycles. The van der Waals surface area contributed by atoms with Crippen molar-refractivity contribution in [1.29, 1.82) is 0 Å². The van der Waals surface area contributed by atoms with Crippen LogP contribution in [0.25, 0.3) is 5.65 Å². The Morgan fingerprint density at radius 1 is 1.26 bits per heavy atom. The van der Waals surface area contributed by atoms with Gasteiger partial charge in [0.15, 0.2) is 5.65 Å². The fraction of sp³-hybridized carbons (Fsp3) is 0. The van der Waals surface area contributed by atoms with E-state index in [1.54, 1.807) is 29.1 Å². The monoisotopic (exact) mass is 314 g/mol. The first kappa shape index (κ1) is 12.4. The Morgan fingerprint density at radius 3 is 2.84 bits per heavy atom. The van der Waals surface area contributed by atoms with Gasteiger partial charge in [0.25, 0.3) is 10.0 Å². The molecule has 0 atom stereocenters. The normalized spacial score (nSPS) is 11.8. The van der Waals surface area contributed by atoms with Gasteiger partial charge in [0.1, 0.15) is 0 Å². The number of pyridine rings is 1. The highest BCUT2D eigenvalue weighted by molar-refractivity contribution is 7.92. The third-order valence-electron chi connectivity index (χ3n) is 2.40. The number of aromatic nitrogens is 3. The van der Waals surface area contributed by atoms with Crippen LogP contribution in [-0.2, 0) is 10.0 Å². The molecule has 0 spiro atoms. The molecule has 0 unspecified atom stereocenters. The van der Waals surface area contributed by atoms with Crippen LogP contribution in [0, 0.1) is 0 Å². The molecule has 0 amide bonds. The maximum atomic E-state index is 12.1. The largest absolute Gasteiger partial charge is 0.267 e. The molecule has 19 heavy (non-hydrogen) atoms. The highest BCUT2D eigenvalue weighted by Crippen LogP contribution is 2.19. The molecule has 1 N–H and O–H groups in total. The summed E-state index contributed by atoms with van der Waals surface area (Å²) in [6, 6.07) is 4.82. The number of hydrogen-bond acceptors (Lipinski definition) is 5. The van der Waals surface area contributed by atoms with E-state index in [4.69, 9.17) is 11.6 Å². The predicted molar refractivity (Wildman–Crippen MR) is 73.1 cm³/mol. The van der Waals surface area contributed by atoms with E-state index in [1.165, 1.54) is 21.8 Å². The van der Waals surface area contributed by atoms with Crippen molar-refractivity contribution in [3.8, 4) is 0 Å². The van der Waals surface area contributed by atoms with Crippen LogP contribution < -0.4 is 4.72 Å². The van der Waals surface area contributed by atoms with Crippen molar-refractivity contribution in [2.75, 3.05) is 4.72 Å². The number of nitrogens with zero attached hydrogens (tertiary/aromatic N) is 3. The van der Waals surface area contributed by atoms with Crippen LogP contribution in [-0.4, -0.2) is 23.0 Å². The molecule has 0 saturated carbocycles. The molecule has 0 aliphatic heterocycles. The quantitative estimate of drug-likeness (QED) is 0.804. The Morgan fingerprint density at radius 2 is 2.11 bits per heavy atom. The maximum absolute atomic E-state index is 12.1. The second-order valence-corrected chi connectivity index (χ2v) is 6.56. The van der Waals surface area contributed by atoms with Gasteiger partial charge in [-0.15, -0.1) is 10.2 Å². The minimum atomic E-state index is -3.65. The summed E-state index contributed by atoms with van der Waals surface area (Å²) in [6.07, 6.45) is 1.54. The van der Waals surface area contributed by atoms with Gasteiger partial charge >= 0.3 is 0 Å². The molecule has 3 aromatic rings. The van der Waals surface area contributed by atoms with Gasteiger partial charge in [-0.3, -0.25) is 4.40 Å². The predicted octanol–water partition coefficient (Wildman–Crippen LogP) is 2.25. The molecule has 0 radical (unpaired) electrons. The minimum Gasteiger partial charge on any atom is -0.267 e. The SMILES string of the molecule is O=S(=O)(Nc1nnc2ccc(Cl)cn12)c1ccsc1. The van der Waals surface area contributed by atoms with E-state index in [0.29, 0.717) is 10.7 Å². The Hall–Kier alpha value is -1.64. The zero-order valence-corrected chi connectivity index (χ0v) is 11.7. The molecule has 0 aliphatic carbocycles. The molecule has 0 aromatic carbocycles. The van der Waals surface area contributed by atoms with Crippen LogP contribution >= 0.6 is 22.9 Å². The number of fused-ring (bicyclic) bond motifs is 1. The summed E-state index contributed by atoms with van der Waals surface area (Å²) in [5.41, 5.74) is 0.507. The standard InChI is InChI=1S/C10H7ClN4O2S2/c11-7-1-2-9-12-13-10(15(9)5-7)14-19(16,17)8-3-4-18-6-8/h1-6H,(H,13,14). The van der Waals surface area contributed by atoms with E-state index in [1.807, 2.05) is 0 Å². The van der Waals surface area contributed by atoms with Gasteiger partial charge in [-0.05, 0) is 23.6 Å². The smallest absolute Gasteiger partial charge is 0.265 e. The van der Waals surface area contributed by atoms with E-state index in [9.17, 15) is 8.42 Å². The summed E-state index contributed by atoms with van der Waals surface area (Å²) in [5, 5.41) is 11.3. The second-order valence-electron chi connectivity index (χ2n) is 3.66. The van der Waals surface area contributed by atoms with Gasteiger partial charge in [-0.1, -0.05) is 11.6 Å². The van der Waals surface area contributed by atoms with Gasteiger partial charge in [-0.2, -0.15) is 11.3 Å². The zero-order valence-electron chi connectivity index (χ0n) is 9.32. The van der Waals surface area contributed by atoms with Gasteiger partial charge in [-0.25, -0.2) is 13.1 Å². The van der Waals surface area contributed by atoms with Crippen LogP contribution in [0.1, 0.15) is 0 Å². The summed E-state index contributed by atoms with van der Waals surface area (Å²) in [5.74, 6) is 0.101. The third-order valence-corrected chi connectivity index (χ3v) is 4.78. The van der Waals surface area contributed by atoms with E-state index in [-0.39, 0.29) is 10.8 Å². The molecule has 98 valence electrons. The summed E-state index contributed by atoms with van der Waals surface area (Å²) < 4.78 is 28.0. The molecular formula is C10H7ClN4O2S2. The van der Waals surface area contributed by atoms with Gasteiger partial charge in [0, 0.05) is 11.6 Å². The van der Waals surface area contributed by atoms with Crippen molar-refractivity contribution < 1.29 is 8.42 Å². The molecule has 3 aromatic heterocycles. The minimum absolute atomic E-state index is 0.101. The lowest BCUT2D eigenvalue weighted by Gasteiger charge is -2.04. The molecule has 9 heteroatoms. The van der Waals surface area contributed by atoms with Crippen LogP contribution in [0.4, 0.5) is 5.95 Å². The molecular weight excluding hydrogens is 308 g/mol. The van der Waals surface area contributed by atoms with Crippen LogP contribution in [0.2, 0.25) is 5.02 Å². The number of thiophene rings is 1. The average Bonchev–Trinajstić information content (AvgIpc) is 2.99. The Bertz CT molecular complexity index is 826. The summed E-state index contributed by atoms with van der Waals surface area (Å²) in [4.78, 5) is 0.191. The molecule has 3 heterocycles. The number of halogens is 1. The van der Waals surface area contributed by atoms with Gasteiger partial charge < -0.3 is 0 Å². The molecule has 0 aliphatic rings. The number of anilines is 1. The van der Waals surface area contributed by atoms with Crippen molar-refractivity contribution in [3.05, 3.63) is 40.2 Å². The number of sulfonamides is 1. The topological polar surface area (TPSA) is 76.4 Å². The fourth-order valence-corrected chi connectivity index (χ4v) is 3.70. The van der Waals surface area contributed by atoms with E-state index < -0.39 is 10.0 Å². The zero-order chi connectivity index (χ0) is 13.5. The first-order chi connectivity index (χ1) is 9.06. The highest BCUT2D eigenvalue weighted by atomic mass is 35.5. The lowest BCUT2D eigenvalue weighted by atomic mass is 10.5. The lowest BCUT2D eigenvalue weighted by molar-refractivity contribution is 0.601. The summed E-state index contributed by atoms with van der Waals surface area (Å²) >= 11 is 7.17. The van der Waals surface area contributed by atoms with E-state index in [0.717, 1.165) is 0 Å². The van der Waals surface area contributed by atoms with Crippen LogP contribution in [0.15, 0.2) is 40.1 Å². The van der Waals surface area contributed by atoms with Gasteiger partial charge in [0.05, 0.1) is 9.92 Å². The summed E-state index contributed by atoms with van der Waals surface area (Å²) in [6.45, 7) is 0. The summed E-state index contributed by atoms with van der Waals surface area (Å²) in [7, 11) is -3.65. The van der Waals surface area contributed by atoms with Crippen molar-refractivity contribution in [2.24, 2.45) is 0 Å². The van der Waals surface area contributed by atoms with E-state index in [2.05, 4.69) is 14.9 Å². The second kappa shape index (κ2) is 4.48. The fourth-order valence-electron chi connectivity index (χ4n) is 1.52. The van der Waals surface area contributed by atoms with Crippen molar-refractivity contribution in [1.82, 2.24) is 14.6 Å². The third kappa shape index (κ3) is 2.29. The number of hydrogen-bond donors (Lipinski definition) is 1. The highest BCUT2D eigenvalue weighted by Gasteiger charge is 2.17. The first-order valence-electron chi connectivity index (χ1n) is 5.11. The molecule has 6 nitrogen and oxygen atoms in total. The Labute approximate surface area is 117 Å². The number of rotatable bonds is 3. The number of nitrogens with one attached hydrogen (secondary N) is 1. The van der Waals surface area contributed by atoms with Gasteiger partial charge in [0.2, 0.25) is 5.95 Å². The average molecular weight is 315 g/mol. The molecule has 0 bridgehead atoms. The molecule has 0 fully saturated rings. The Kier molecular flexibility index (Phi) is 2.92. The maximum Gasteiger partial charge on any atom is 0.265 e. The van der Waals surface area contributed by atoms with Crippen molar-refractivity contribution >= 4 is 44.6 Å². The Balaban J connectivity index is 2.05. The molecule has 3 rings (SSSR count). The van der Waals surface area contributed by atoms with Crippen LogP contribution in [0.3, 0.4) is 0 Å². The first-order valence-corrected chi connectivity index (χ1v) is 7.92. The van der Waals surface area contributed by atoms with E-state index >= 15 is 0 Å².